The molecule has 0 aliphatic carbocycles. The van der Waals surface area contributed by atoms with E-state index in [0.29, 0.717) is 0 Å². The lowest BCUT2D eigenvalue weighted by Gasteiger charge is -2.11. The van der Waals surface area contributed by atoms with Crippen LogP contribution in [0, 0.1) is 0 Å². The van der Waals surface area contributed by atoms with E-state index in [1.165, 1.54) is 22.2 Å². The molecule has 21 heavy (non-hydrogen) atoms. The van der Waals surface area contributed by atoms with Gasteiger partial charge in [-0.25, -0.2) is 0 Å². The van der Waals surface area contributed by atoms with Crippen LogP contribution in [0.4, 0.5) is 0 Å². The second-order valence-corrected chi connectivity index (χ2v) is 4.92. The molecule has 0 spiro atoms. The molecular weight excluding hydrogens is 282 g/mol. The van der Waals surface area contributed by atoms with Crippen LogP contribution in [-0.2, 0) is 0 Å². The minimum Gasteiger partial charge on any atom is -0.354 e. The Kier molecular flexibility index (Phi) is 3.67. The molecular formula is C17H16ClN3. The van der Waals surface area contributed by atoms with Crippen molar-refractivity contribution in [2.24, 2.45) is 4.99 Å². The van der Waals surface area contributed by atoms with Gasteiger partial charge in [-0.15, -0.1) is 12.4 Å². The summed E-state index contributed by atoms with van der Waals surface area (Å²) < 4.78 is 2.22. The van der Waals surface area contributed by atoms with Crippen molar-refractivity contribution in [2.45, 2.75) is 0 Å². The number of benzene rings is 2. The first-order valence-corrected chi connectivity index (χ1v) is 6.88. The Bertz CT molecular complexity index is 790. The molecule has 1 aromatic heterocycles. The summed E-state index contributed by atoms with van der Waals surface area (Å²) >= 11 is 0. The van der Waals surface area contributed by atoms with Crippen molar-refractivity contribution in [3.05, 3.63) is 60.7 Å². The average Bonchev–Trinajstić information content (AvgIpc) is 3.14. The Hall–Kier alpha value is -2.26. The summed E-state index contributed by atoms with van der Waals surface area (Å²) in [7, 11) is 0. The molecule has 0 saturated heterocycles. The first-order valence-electron chi connectivity index (χ1n) is 6.88. The Balaban J connectivity index is 0.00000132. The van der Waals surface area contributed by atoms with Crippen molar-refractivity contribution < 1.29 is 0 Å². The monoisotopic (exact) mass is 297 g/mol. The van der Waals surface area contributed by atoms with Gasteiger partial charge < -0.3 is 5.32 Å². The lowest BCUT2D eigenvalue weighted by atomic mass is 10.1. The fraction of sp³-hybridized carbons (Fsp3) is 0.118. The minimum absolute atomic E-state index is 0. The Morgan fingerprint density at radius 3 is 2.48 bits per heavy atom. The molecule has 4 heteroatoms. The van der Waals surface area contributed by atoms with Crippen LogP contribution in [0.25, 0.3) is 22.2 Å². The third-order valence-corrected chi connectivity index (χ3v) is 3.65. The predicted molar refractivity (Wildman–Crippen MR) is 90.3 cm³/mol. The zero-order valence-corrected chi connectivity index (χ0v) is 12.3. The molecule has 3 nitrogen and oxygen atoms in total. The molecule has 0 unspecified atom stereocenters. The standard InChI is InChI=1S/C17H15N3.ClH/c1-2-6-13(7-3-1)16-12-14-8-4-5-9-15(14)20(16)17-18-10-11-19-17;/h1-9,12H,10-11H2,(H,18,19);1H. The van der Waals surface area contributed by atoms with E-state index in [9.17, 15) is 0 Å². The number of hydrogen-bond donors (Lipinski definition) is 1. The third kappa shape index (κ3) is 2.30. The Morgan fingerprint density at radius 1 is 0.952 bits per heavy atom. The predicted octanol–water partition coefficient (Wildman–Crippen LogP) is 3.54. The molecule has 1 aliphatic heterocycles. The fourth-order valence-electron chi connectivity index (χ4n) is 2.74. The van der Waals surface area contributed by atoms with Crippen molar-refractivity contribution in [3.8, 4) is 11.3 Å². The summed E-state index contributed by atoms with van der Waals surface area (Å²) in [5.41, 5.74) is 3.58. The van der Waals surface area contributed by atoms with Gasteiger partial charge in [0.15, 0.2) is 0 Å². The van der Waals surface area contributed by atoms with Gasteiger partial charge in [-0.05, 0) is 17.7 Å². The maximum absolute atomic E-state index is 4.58. The first kappa shape index (κ1) is 13.7. The van der Waals surface area contributed by atoms with E-state index in [-0.39, 0.29) is 12.4 Å². The number of nitrogens with zero attached hydrogens (tertiary/aromatic N) is 2. The van der Waals surface area contributed by atoms with E-state index in [1.807, 2.05) is 6.07 Å². The summed E-state index contributed by atoms with van der Waals surface area (Å²) in [4.78, 5) is 4.58. The van der Waals surface area contributed by atoms with E-state index >= 15 is 0 Å². The highest BCUT2D eigenvalue weighted by Gasteiger charge is 2.16. The largest absolute Gasteiger partial charge is 0.354 e. The molecule has 0 saturated carbocycles. The topological polar surface area (TPSA) is 29.3 Å². The second-order valence-electron chi connectivity index (χ2n) is 4.92. The second kappa shape index (κ2) is 5.62. The van der Waals surface area contributed by atoms with Gasteiger partial charge in [-0.1, -0.05) is 48.5 Å². The molecule has 2 aromatic carbocycles. The lowest BCUT2D eigenvalue weighted by molar-refractivity contribution is 0.945. The quantitative estimate of drug-likeness (QED) is 0.731. The number of aliphatic imine (C=N–C) groups is 1. The number of halogens is 1. The normalized spacial score (nSPS) is 13.6. The molecule has 0 atom stereocenters. The maximum Gasteiger partial charge on any atom is 0.203 e. The van der Waals surface area contributed by atoms with Gasteiger partial charge in [-0.3, -0.25) is 9.56 Å². The van der Waals surface area contributed by atoms with Crippen LogP contribution in [0.15, 0.2) is 65.7 Å². The van der Waals surface area contributed by atoms with Crippen molar-refractivity contribution in [1.29, 1.82) is 0 Å². The molecule has 2 heterocycles. The number of nitrogens with one attached hydrogen (secondary N) is 1. The van der Waals surface area contributed by atoms with Crippen LogP contribution in [-0.4, -0.2) is 23.6 Å². The van der Waals surface area contributed by atoms with Gasteiger partial charge in [0, 0.05) is 11.9 Å². The highest BCUT2D eigenvalue weighted by molar-refractivity contribution is 6.00. The van der Waals surface area contributed by atoms with Crippen molar-refractivity contribution in [1.82, 2.24) is 9.88 Å². The molecule has 4 rings (SSSR count). The summed E-state index contributed by atoms with van der Waals surface area (Å²) in [5, 5.41) is 4.61. The van der Waals surface area contributed by atoms with Crippen molar-refractivity contribution in [3.63, 3.8) is 0 Å². The highest BCUT2D eigenvalue weighted by atomic mass is 35.5. The van der Waals surface area contributed by atoms with E-state index in [1.54, 1.807) is 0 Å². The number of fused-ring (bicyclic) bond motifs is 1. The SMILES string of the molecule is Cl.c1ccc(-c2cc3ccccc3n2C2=NCCN2)cc1. The third-order valence-electron chi connectivity index (χ3n) is 3.65. The summed E-state index contributed by atoms with van der Waals surface area (Å²) in [6.07, 6.45) is 0. The van der Waals surface area contributed by atoms with Crippen LogP contribution in [0.2, 0.25) is 0 Å². The highest BCUT2D eigenvalue weighted by Crippen LogP contribution is 2.28. The number of aromatic nitrogens is 1. The van der Waals surface area contributed by atoms with Gasteiger partial charge in [0.25, 0.3) is 0 Å². The van der Waals surface area contributed by atoms with Crippen molar-refractivity contribution >= 4 is 29.3 Å². The van der Waals surface area contributed by atoms with Crippen LogP contribution in [0.1, 0.15) is 0 Å². The molecule has 0 bridgehead atoms. The maximum atomic E-state index is 4.58. The van der Waals surface area contributed by atoms with Gasteiger partial charge in [-0.2, -0.15) is 0 Å². The molecule has 1 aliphatic rings. The van der Waals surface area contributed by atoms with Crippen LogP contribution in [0.3, 0.4) is 0 Å². The van der Waals surface area contributed by atoms with Gasteiger partial charge in [0.2, 0.25) is 5.96 Å². The van der Waals surface area contributed by atoms with E-state index in [4.69, 9.17) is 0 Å². The zero-order chi connectivity index (χ0) is 13.4. The van der Waals surface area contributed by atoms with E-state index in [0.717, 1.165) is 19.0 Å². The molecule has 0 amide bonds. The molecule has 0 radical (unpaired) electrons. The number of rotatable bonds is 1. The number of hydrogen-bond acceptors (Lipinski definition) is 2. The molecule has 0 fully saturated rings. The zero-order valence-electron chi connectivity index (χ0n) is 11.5. The summed E-state index contributed by atoms with van der Waals surface area (Å²) in [5.74, 6) is 0.949. The lowest BCUT2D eigenvalue weighted by Crippen LogP contribution is -2.26. The fourth-order valence-corrected chi connectivity index (χ4v) is 2.74. The van der Waals surface area contributed by atoms with Crippen LogP contribution < -0.4 is 5.32 Å². The Morgan fingerprint density at radius 2 is 1.71 bits per heavy atom. The minimum atomic E-state index is 0. The summed E-state index contributed by atoms with van der Waals surface area (Å²) in [6, 6.07) is 21.1. The molecule has 3 aromatic rings. The van der Waals surface area contributed by atoms with E-state index in [2.05, 4.69) is 69.5 Å². The molecule has 1 N–H and O–H groups in total. The molecule has 106 valence electrons. The van der Waals surface area contributed by atoms with Gasteiger partial charge in [0.05, 0.1) is 17.8 Å². The van der Waals surface area contributed by atoms with Crippen molar-refractivity contribution in [2.75, 3.05) is 13.1 Å². The first-order chi connectivity index (χ1) is 9.93. The summed E-state index contributed by atoms with van der Waals surface area (Å²) in [6.45, 7) is 1.76. The number of para-hydroxylation sites is 1. The van der Waals surface area contributed by atoms with E-state index < -0.39 is 0 Å². The smallest absolute Gasteiger partial charge is 0.203 e. The average molecular weight is 298 g/mol. The van der Waals surface area contributed by atoms with Gasteiger partial charge in [0.1, 0.15) is 0 Å². The van der Waals surface area contributed by atoms with Crippen LogP contribution >= 0.6 is 12.4 Å². The Labute approximate surface area is 129 Å². The van der Waals surface area contributed by atoms with Gasteiger partial charge >= 0.3 is 0 Å². The van der Waals surface area contributed by atoms with Crippen LogP contribution in [0.5, 0.6) is 0 Å².